The van der Waals surface area contributed by atoms with Crippen molar-refractivity contribution in [3.8, 4) is 5.75 Å². The molecule has 1 aromatic heterocycles. The van der Waals surface area contributed by atoms with Gasteiger partial charge in [-0.2, -0.15) is 0 Å². The summed E-state index contributed by atoms with van der Waals surface area (Å²) < 4.78 is 22.4. The number of aliphatic imine (C=N–C) groups is 1. The van der Waals surface area contributed by atoms with Gasteiger partial charge in [-0.05, 0) is 63.1 Å². The maximum absolute atomic E-state index is 14.5. The van der Waals surface area contributed by atoms with Crippen LogP contribution in [0.3, 0.4) is 0 Å². The molecular formula is C24H36FIN6O. The van der Waals surface area contributed by atoms with E-state index in [1.165, 1.54) is 32.1 Å². The lowest BCUT2D eigenvalue weighted by Gasteiger charge is -2.19. The van der Waals surface area contributed by atoms with Crippen LogP contribution >= 0.6 is 24.0 Å². The summed E-state index contributed by atoms with van der Waals surface area (Å²) in [6.45, 7) is 7.01. The average molecular weight is 570 g/mol. The fraction of sp³-hybridized carbons (Fsp3) is 0.625. The molecule has 0 saturated heterocycles. The van der Waals surface area contributed by atoms with E-state index in [2.05, 4.69) is 25.4 Å². The first-order chi connectivity index (χ1) is 15.6. The smallest absolute Gasteiger partial charge is 0.191 e. The molecule has 9 heteroatoms. The molecule has 33 heavy (non-hydrogen) atoms. The first-order valence-corrected chi connectivity index (χ1v) is 12.0. The summed E-state index contributed by atoms with van der Waals surface area (Å²) in [5.41, 5.74) is 0.856. The van der Waals surface area contributed by atoms with Crippen molar-refractivity contribution in [2.45, 2.75) is 71.4 Å². The van der Waals surface area contributed by atoms with Gasteiger partial charge in [0.15, 0.2) is 17.5 Å². The first kappa shape index (κ1) is 25.7. The summed E-state index contributed by atoms with van der Waals surface area (Å²) in [5, 5.41) is 15.4. The Bertz CT molecular complexity index is 930. The monoisotopic (exact) mass is 570 g/mol. The van der Waals surface area contributed by atoms with Gasteiger partial charge in [0.25, 0.3) is 0 Å². The van der Waals surface area contributed by atoms with Gasteiger partial charge in [-0.3, -0.25) is 4.99 Å². The van der Waals surface area contributed by atoms with E-state index in [9.17, 15) is 4.39 Å². The Morgan fingerprint density at radius 3 is 2.88 bits per heavy atom. The number of rotatable bonds is 9. The number of ether oxygens (including phenoxy) is 1. The lowest BCUT2D eigenvalue weighted by molar-refractivity contribution is 0.285. The molecule has 1 aliphatic heterocycles. The molecule has 0 amide bonds. The Kier molecular flexibility index (Phi) is 9.76. The second kappa shape index (κ2) is 12.5. The van der Waals surface area contributed by atoms with E-state index in [0.29, 0.717) is 30.8 Å². The van der Waals surface area contributed by atoms with Crippen molar-refractivity contribution < 1.29 is 9.13 Å². The van der Waals surface area contributed by atoms with E-state index in [-0.39, 0.29) is 35.8 Å². The standard InChI is InChI=1S/C24H35FN6O.HI/c1-3-26-24(27-13-12-23-30-29-22-7-5-4-6-14-31(22)23)28-17(2)19-10-11-21(20(25)15-19)32-16-18-8-9-18;/h10-11,15,17-18H,3-9,12-14,16H2,1-2H3,(H2,26,27,28);1H. The van der Waals surface area contributed by atoms with Crippen molar-refractivity contribution in [1.82, 2.24) is 25.4 Å². The Hall–Kier alpha value is -1.91. The van der Waals surface area contributed by atoms with Gasteiger partial charge in [0, 0.05) is 32.5 Å². The zero-order valence-electron chi connectivity index (χ0n) is 19.6. The fourth-order valence-corrected chi connectivity index (χ4v) is 4.00. The number of halogens is 2. The second-order valence-corrected chi connectivity index (χ2v) is 8.82. The van der Waals surface area contributed by atoms with Gasteiger partial charge in [-0.1, -0.05) is 12.5 Å². The molecule has 1 aliphatic carbocycles. The number of fused-ring (bicyclic) bond motifs is 1. The molecule has 2 heterocycles. The highest BCUT2D eigenvalue weighted by atomic mass is 127. The average Bonchev–Trinajstić information content (AvgIpc) is 3.58. The minimum Gasteiger partial charge on any atom is -0.490 e. The molecular weight excluding hydrogens is 534 g/mol. The number of aryl methyl sites for hydroxylation is 1. The molecule has 1 unspecified atom stereocenters. The quantitative estimate of drug-likeness (QED) is 0.266. The van der Waals surface area contributed by atoms with E-state index in [4.69, 9.17) is 9.73 Å². The third kappa shape index (κ3) is 7.28. The van der Waals surface area contributed by atoms with Crippen molar-refractivity contribution in [2.75, 3.05) is 19.7 Å². The minimum absolute atomic E-state index is 0. The predicted octanol–water partition coefficient (Wildman–Crippen LogP) is 4.41. The summed E-state index contributed by atoms with van der Waals surface area (Å²) in [7, 11) is 0. The molecule has 2 aromatic rings. The van der Waals surface area contributed by atoms with Crippen LogP contribution in [0.2, 0.25) is 0 Å². The van der Waals surface area contributed by atoms with Crippen molar-refractivity contribution in [2.24, 2.45) is 10.9 Å². The summed E-state index contributed by atoms with van der Waals surface area (Å²) in [6, 6.07) is 5.10. The van der Waals surface area contributed by atoms with Crippen molar-refractivity contribution in [3.05, 3.63) is 41.2 Å². The normalized spacial score (nSPS) is 16.9. The minimum atomic E-state index is -0.314. The molecule has 1 atom stereocenters. The number of benzene rings is 1. The number of guanidine groups is 1. The third-order valence-corrected chi connectivity index (χ3v) is 6.12. The summed E-state index contributed by atoms with van der Waals surface area (Å²) in [6.07, 6.45) is 7.76. The van der Waals surface area contributed by atoms with Crippen LogP contribution in [0.1, 0.15) is 69.2 Å². The first-order valence-electron chi connectivity index (χ1n) is 12.0. The van der Waals surface area contributed by atoms with Gasteiger partial charge >= 0.3 is 0 Å². The highest BCUT2D eigenvalue weighted by molar-refractivity contribution is 14.0. The Balaban J connectivity index is 0.00000306. The zero-order valence-corrected chi connectivity index (χ0v) is 22.0. The largest absolute Gasteiger partial charge is 0.490 e. The van der Waals surface area contributed by atoms with Gasteiger partial charge in [-0.15, -0.1) is 34.2 Å². The molecule has 2 N–H and O–H groups in total. The molecule has 1 aromatic carbocycles. The van der Waals surface area contributed by atoms with Crippen LogP contribution < -0.4 is 15.4 Å². The lowest BCUT2D eigenvalue weighted by atomic mass is 10.1. The SMILES string of the molecule is CCNC(=NCCc1nnc2n1CCCCC2)NC(C)c1ccc(OCC2CC2)c(F)c1.I. The molecule has 7 nitrogen and oxygen atoms in total. The zero-order chi connectivity index (χ0) is 22.3. The Labute approximate surface area is 213 Å². The highest BCUT2D eigenvalue weighted by Gasteiger charge is 2.22. The van der Waals surface area contributed by atoms with Gasteiger partial charge in [-0.25, -0.2) is 4.39 Å². The number of nitrogens with zero attached hydrogens (tertiary/aromatic N) is 4. The summed E-state index contributed by atoms with van der Waals surface area (Å²) >= 11 is 0. The molecule has 182 valence electrons. The van der Waals surface area contributed by atoms with E-state index in [1.807, 2.05) is 19.9 Å². The van der Waals surface area contributed by atoms with Crippen LogP contribution in [0.25, 0.3) is 0 Å². The lowest BCUT2D eigenvalue weighted by Crippen LogP contribution is -2.39. The van der Waals surface area contributed by atoms with Crippen molar-refractivity contribution in [3.63, 3.8) is 0 Å². The molecule has 1 saturated carbocycles. The highest BCUT2D eigenvalue weighted by Crippen LogP contribution is 2.30. The van der Waals surface area contributed by atoms with E-state index in [0.717, 1.165) is 43.1 Å². The fourth-order valence-electron chi connectivity index (χ4n) is 4.00. The third-order valence-electron chi connectivity index (χ3n) is 6.12. The van der Waals surface area contributed by atoms with Crippen molar-refractivity contribution >= 4 is 29.9 Å². The van der Waals surface area contributed by atoms with E-state index >= 15 is 0 Å². The molecule has 2 aliphatic rings. The summed E-state index contributed by atoms with van der Waals surface area (Å²) in [5.74, 6) is 3.45. The van der Waals surface area contributed by atoms with Crippen LogP contribution in [0, 0.1) is 11.7 Å². The van der Waals surface area contributed by atoms with Crippen LogP contribution in [-0.2, 0) is 19.4 Å². The van der Waals surface area contributed by atoms with Gasteiger partial charge in [0.05, 0.1) is 12.6 Å². The van der Waals surface area contributed by atoms with Gasteiger partial charge in [0.1, 0.15) is 11.6 Å². The number of hydrogen-bond acceptors (Lipinski definition) is 4. The van der Waals surface area contributed by atoms with Crippen LogP contribution in [0.4, 0.5) is 4.39 Å². The number of aromatic nitrogens is 3. The van der Waals surface area contributed by atoms with Gasteiger partial charge in [0.2, 0.25) is 0 Å². The molecule has 0 bridgehead atoms. The maximum Gasteiger partial charge on any atom is 0.191 e. The Morgan fingerprint density at radius 2 is 2.12 bits per heavy atom. The predicted molar refractivity (Wildman–Crippen MR) is 139 cm³/mol. The van der Waals surface area contributed by atoms with Crippen LogP contribution in [0.15, 0.2) is 23.2 Å². The van der Waals surface area contributed by atoms with Crippen LogP contribution in [-0.4, -0.2) is 40.4 Å². The van der Waals surface area contributed by atoms with E-state index in [1.54, 1.807) is 12.1 Å². The molecule has 0 radical (unpaired) electrons. The maximum atomic E-state index is 14.5. The molecule has 4 rings (SSSR count). The van der Waals surface area contributed by atoms with E-state index < -0.39 is 0 Å². The Morgan fingerprint density at radius 1 is 1.27 bits per heavy atom. The van der Waals surface area contributed by atoms with Gasteiger partial charge < -0.3 is 19.9 Å². The number of hydrogen-bond donors (Lipinski definition) is 2. The van der Waals surface area contributed by atoms with Crippen LogP contribution in [0.5, 0.6) is 5.75 Å². The molecule has 1 fully saturated rings. The summed E-state index contributed by atoms with van der Waals surface area (Å²) in [4.78, 5) is 4.72. The molecule has 0 spiro atoms. The van der Waals surface area contributed by atoms with Crippen molar-refractivity contribution in [1.29, 1.82) is 0 Å². The second-order valence-electron chi connectivity index (χ2n) is 8.82. The topological polar surface area (TPSA) is 76.4 Å². The number of nitrogens with one attached hydrogen (secondary N) is 2.